The van der Waals surface area contributed by atoms with Crippen molar-refractivity contribution < 1.29 is 23.9 Å². The van der Waals surface area contributed by atoms with Crippen LogP contribution in [0.1, 0.15) is 85.0 Å². The number of amides is 3. The second-order valence-corrected chi connectivity index (χ2v) is 7.73. The van der Waals surface area contributed by atoms with Crippen molar-refractivity contribution in [3.63, 3.8) is 0 Å². The van der Waals surface area contributed by atoms with E-state index in [1.807, 2.05) is 0 Å². The van der Waals surface area contributed by atoms with Crippen LogP contribution in [0, 0.1) is 13.8 Å². The van der Waals surface area contributed by atoms with Crippen LogP contribution in [0.4, 0.5) is 4.79 Å². The number of aryl methyl sites for hydroxylation is 1. The van der Waals surface area contributed by atoms with Crippen molar-refractivity contribution >= 4 is 23.7 Å². The third-order valence-corrected chi connectivity index (χ3v) is 5.37. The molecule has 1 aliphatic heterocycles. The van der Waals surface area contributed by atoms with Crippen LogP contribution in [-0.2, 0) is 9.53 Å². The van der Waals surface area contributed by atoms with Gasteiger partial charge in [0, 0.05) is 5.69 Å². The molecule has 160 valence electrons. The number of esters is 1. The molecule has 0 saturated carbocycles. The average molecular weight is 405 g/mol. The van der Waals surface area contributed by atoms with Crippen LogP contribution in [0.15, 0.2) is 0 Å². The summed E-state index contributed by atoms with van der Waals surface area (Å²) >= 11 is 0. The second kappa shape index (κ2) is 9.24. The normalized spacial score (nSPS) is 18.9. The lowest BCUT2D eigenvalue weighted by atomic mass is 9.94. The van der Waals surface area contributed by atoms with Gasteiger partial charge in [0.1, 0.15) is 5.54 Å². The quantitative estimate of drug-likeness (QED) is 0.269. The number of ether oxygens (including phenoxy) is 1. The van der Waals surface area contributed by atoms with Gasteiger partial charge in [-0.05, 0) is 39.7 Å². The van der Waals surface area contributed by atoms with Gasteiger partial charge in [0.05, 0.1) is 24.4 Å². The first-order chi connectivity index (χ1) is 13.7. The van der Waals surface area contributed by atoms with Gasteiger partial charge in [-0.3, -0.25) is 14.5 Å². The highest BCUT2D eigenvalue weighted by Gasteiger charge is 2.47. The van der Waals surface area contributed by atoms with Crippen molar-refractivity contribution in [2.45, 2.75) is 72.3 Å². The molecule has 1 fully saturated rings. The van der Waals surface area contributed by atoms with Crippen LogP contribution in [0.2, 0.25) is 0 Å². The number of urea groups is 1. The van der Waals surface area contributed by atoms with E-state index < -0.39 is 23.3 Å². The van der Waals surface area contributed by atoms with Gasteiger partial charge >= 0.3 is 12.0 Å². The minimum Gasteiger partial charge on any atom is -0.462 e. The minimum atomic E-state index is -0.984. The predicted molar refractivity (Wildman–Crippen MR) is 108 cm³/mol. The molecule has 1 aromatic rings. The fraction of sp³-hybridized carbons (Fsp3) is 0.619. The molecular formula is C21H31N3O5. The summed E-state index contributed by atoms with van der Waals surface area (Å²) in [6.07, 6.45) is 4.52. The summed E-state index contributed by atoms with van der Waals surface area (Å²) in [7, 11) is 0. The van der Waals surface area contributed by atoms with Crippen LogP contribution < -0.4 is 5.32 Å². The number of hydrogen-bond acceptors (Lipinski definition) is 5. The molecule has 0 aliphatic carbocycles. The first-order valence-electron chi connectivity index (χ1n) is 10.2. The standard InChI is InChI=1S/C21H31N3O5/c1-6-8-9-10-11-21(5)19(27)24(20(28)23-21)12-15(25)17-13(3)16(14(4)22-17)18(26)29-7-2/h22H,6-12H2,1-5H3,(H,23,28)/t21-/m1/s1. The van der Waals surface area contributed by atoms with Crippen molar-refractivity contribution in [1.29, 1.82) is 0 Å². The highest BCUT2D eigenvalue weighted by molar-refractivity contribution is 6.11. The molecule has 0 unspecified atom stereocenters. The van der Waals surface area contributed by atoms with Gasteiger partial charge in [-0.15, -0.1) is 0 Å². The molecular weight excluding hydrogens is 374 g/mol. The summed E-state index contributed by atoms with van der Waals surface area (Å²) in [5, 5.41) is 2.73. The number of aromatic amines is 1. The predicted octanol–water partition coefficient (Wildman–Crippen LogP) is 3.27. The Morgan fingerprint density at radius 2 is 1.79 bits per heavy atom. The first kappa shape index (κ1) is 22.6. The zero-order valence-corrected chi connectivity index (χ0v) is 17.9. The molecule has 1 saturated heterocycles. The zero-order chi connectivity index (χ0) is 21.8. The molecule has 2 heterocycles. The van der Waals surface area contributed by atoms with E-state index in [0.29, 0.717) is 23.2 Å². The van der Waals surface area contributed by atoms with Crippen LogP contribution in [0.5, 0.6) is 0 Å². The molecule has 8 heteroatoms. The maximum atomic E-state index is 12.8. The van der Waals surface area contributed by atoms with E-state index in [2.05, 4.69) is 17.2 Å². The molecule has 2 rings (SSSR count). The number of nitrogens with zero attached hydrogens (tertiary/aromatic N) is 1. The Kier molecular flexibility index (Phi) is 7.21. The smallest absolute Gasteiger partial charge is 0.340 e. The molecule has 2 N–H and O–H groups in total. The fourth-order valence-electron chi connectivity index (χ4n) is 3.73. The third kappa shape index (κ3) is 4.68. The first-order valence-corrected chi connectivity index (χ1v) is 10.2. The molecule has 0 bridgehead atoms. The van der Waals surface area contributed by atoms with Crippen molar-refractivity contribution in [1.82, 2.24) is 15.2 Å². The largest absolute Gasteiger partial charge is 0.462 e. The Hall–Kier alpha value is -2.64. The summed E-state index contributed by atoms with van der Waals surface area (Å²) in [4.78, 5) is 54.0. The summed E-state index contributed by atoms with van der Waals surface area (Å²) < 4.78 is 5.03. The fourth-order valence-corrected chi connectivity index (χ4v) is 3.73. The molecule has 29 heavy (non-hydrogen) atoms. The van der Waals surface area contributed by atoms with E-state index in [1.165, 1.54) is 0 Å². The monoisotopic (exact) mass is 405 g/mol. The van der Waals surface area contributed by atoms with E-state index in [-0.39, 0.29) is 24.8 Å². The third-order valence-electron chi connectivity index (χ3n) is 5.37. The van der Waals surface area contributed by atoms with Crippen molar-refractivity contribution in [3.05, 3.63) is 22.5 Å². The van der Waals surface area contributed by atoms with E-state index >= 15 is 0 Å². The number of carbonyl (C=O) groups excluding carboxylic acids is 4. The summed E-state index contributed by atoms with van der Waals surface area (Å²) in [5.41, 5.74) is 0.514. The van der Waals surface area contributed by atoms with Gasteiger partial charge in [0.15, 0.2) is 5.78 Å². The highest BCUT2D eigenvalue weighted by atomic mass is 16.5. The van der Waals surface area contributed by atoms with Gasteiger partial charge in [-0.1, -0.05) is 32.6 Å². The average Bonchev–Trinajstić information content (AvgIpc) is 3.07. The maximum Gasteiger partial charge on any atom is 0.340 e. The number of imide groups is 1. The molecule has 0 spiro atoms. The molecule has 1 atom stereocenters. The maximum absolute atomic E-state index is 12.8. The number of aromatic nitrogens is 1. The molecule has 0 radical (unpaired) electrons. The lowest BCUT2D eigenvalue weighted by Crippen LogP contribution is -2.44. The zero-order valence-electron chi connectivity index (χ0n) is 17.9. The van der Waals surface area contributed by atoms with Crippen LogP contribution in [0.25, 0.3) is 0 Å². The lowest BCUT2D eigenvalue weighted by Gasteiger charge is -2.21. The Labute approximate surface area is 171 Å². The number of hydrogen-bond donors (Lipinski definition) is 2. The van der Waals surface area contributed by atoms with Gasteiger partial charge in [-0.25, -0.2) is 9.59 Å². The summed E-state index contributed by atoms with van der Waals surface area (Å²) in [6.45, 7) is 8.69. The topological polar surface area (TPSA) is 109 Å². The Morgan fingerprint density at radius 3 is 2.41 bits per heavy atom. The van der Waals surface area contributed by atoms with Gasteiger partial charge in [0.25, 0.3) is 5.91 Å². The Bertz CT molecular complexity index is 813. The second-order valence-electron chi connectivity index (χ2n) is 7.73. The Balaban J connectivity index is 2.13. The highest BCUT2D eigenvalue weighted by Crippen LogP contribution is 2.25. The van der Waals surface area contributed by atoms with E-state index in [0.717, 1.165) is 30.6 Å². The lowest BCUT2D eigenvalue weighted by molar-refractivity contribution is -0.130. The molecule has 3 amide bonds. The number of ketones is 1. The van der Waals surface area contributed by atoms with E-state index in [1.54, 1.807) is 27.7 Å². The summed E-state index contributed by atoms with van der Waals surface area (Å²) in [6, 6.07) is -0.562. The van der Waals surface area contributed by atoms with Crippen molar-refractivity contribution in [2.75, 3.05) is 13.2 Å². The molecule has 1 aromatic heterocycles. The van der Waals surface area contributed by atoms with Crippen molar-refractivity contribution in [2.24, 2.45) is 0 Å². The Morgan fingerprint density at radius 1 is 1.10 bits per heavy atom. The minimum absolute atomic E-state index is 0.211. The molecule has 1 aliphatic rings. The number of carbonyl (C=O) groups is 4. The van der Waals surface area contributed by atoms with Gasteiger partial charge in [0.2, 0.25) is 0 Å². The van der Waals surface area contributed by atoms with E-state index in [4.69, 9.17) is 4.74 Å². The van der Waals surface area contributed by atoms with Gasteiger partial charge in [-0.2, -0.15) is 0 Å². The number of rotatable bonds is 10. The van der Waals surface area contributed by atoms with Crippen LogP contribution >= 0.6 is 0 Å². The number of Topliss-reactive ketones (excluding diaryl/α,β-unsaturated/α-hetero) is 1. The molecule has 8 nitrogen and oxygen atoms in total. The number of unbranched alkanes of at least 4 members (excludes halogenated alkanes) is 3. The van der Waals surface area contributed by atoms with Crippen molar-refractivity contribution in [3.8, 4) is 0 Å². The van der Waals surface area contributed by atoms with Gasteiger partial charge < -0.3 is 15.0 Å². The van der Waals surface area contributed by atoms with Crippen LogP contribution in [-0.4, -0.2) is 52.3 Å². The van der Waals surface area contributed by atoms with E-state index in [9.17, 15) is 19.2 Å². The molecule has 0 aromatic carbocycles. The number of H-pyrrole nitrogens is 1. The van der Waals surface area contributed by atoms with Crippen LogP contribution in [0.3, 0.4) is 0 Å². The number of nitrogens with one attached hydrogen (secondary N) is 2. The summed E-state index contributed by atoms with van der Waals surface area (Å²) in [5.74, 6) is -1.33. The SMILES string of the molecule is CCCCCC[C@@]1(C)NC(=O)N(CC(=O)c2[nH]c(C)c(C(=O)OCC)c2C)C1=O.